The minimum atomic E-state index is 0.431. The molecule has 0 radical (unpaired) electrons. The van der Waals surface area contributed by atoms with Gasteiger partial charge in [-0.15, -0.1) is 0 Å². The van der Waals surface area contributed by atoms with Crippen molar-refractivity contribution < 1.29 is 0 Å². The molecule has 0 spiro atoms. The standard InChI is InChI=1S/C6H9N3/c7-3-2-6-8-4-1-5-9-6/h1-2,4-5H2,(H,8,9). The summed E-state index contributed by atoms with van der Waals surface area (Å²) in [4.78, 5) is 4.10. The Bertz CT molecular complexity index is 154. The number of amidine groups is 1. The Labute approximate surface area is 54.4 Å². The number of hydrogen-bond donors (Lipinski definition) is 1. The normalized spacial score (nSPS) is 17.4. The van der Waals surface area contributed by atoms with Crippen molar-refractivity contribution >= 4 is 5.84 Å². The molecule has 0 aromatic heterocycles. The van der Waals surface area contributed by atoms with Gasteiger partial charge in [-0.1, -0.05) is 0 Å². The van der Waals surface area contributed by atoms with Gasteiger partial charge in [0, 0.05) is 13.1 Å². The molecule has 1 aliphatic rings. The van der Waals surface area contributed by atoms with Crippen molar-refractivity contribution in [3.05, 3.63) is 0 Å². The highest BCUT2D eigenvalue weighted by Gasteiger charge is 2.00. The van der Waals surface area contributed by atoms with E-state index in [-0.39, 0.29) is 0 Å². The second-order valence-corrected chi connectivity index (χ2v) is 1.94. The molecule has 0 saturated heterocycles. The van der Waals surface area contributed by atoms with Crippen molar-refractivity contribution in [2.24, 2.45) is 4.99 Å². The minimum Gasteiger partial charge on any atom is -0.373 e. The summed E-state index contributed by atoms with van der Waals surface area (Å²) in [6, 6.07) is 2.04. The Morgan fingerprint density at radius 1 is 1.78 bits per heavy atom. The predicted octanol–water partition coefficient (Wildman–Crippen LogP) is 0.292. The Morgan fingerprint density at radius 2 is 2.67 bits per heavy atom. The SMILES string of the molecule is N#CCC1=NCCCN1. The van der Waals surface area contributed by atoms with Crippen LogP contribution in [0.3, 0.4) is 0 Å². The van der Waals surface area contributed by atoms with Crippen molar-refractivity contribution in [3.8, 4) is 6.07 Å². The monoisotopic (exact) mass is 123 g/mol. The molecule has 1 heterocycles. The van der Waals surface area contributed by atoms with E-state index in [0.29, 0.717) is 6.42 Å². The molecule has 1 rings (SSSR count). The molecule has 0 saturated carbocycles. The number of aliphatic imine (C=N–C) groups is 1. The quantitative estimate of drug-likeness (QED) is 0.544. The van der Waals surface area contributed by atoms with Crippen LogP contribution in [0.15, 0.2) is 4.99 Å². The molecule has 3 nitrogen and oxygen atoms in total. The first-order chi connectivity index (χ1) is 4.43. The lowest BCUT2D eigenvalue weighted by Crippen LogP contribution is -2.28. The average molecular weight is 123 g/mol. The Kier molecular flexibility index (Phi) is 2.08. The maximum absolute atomic E-state index is 8.25. The van der Waals surface area contributed by atoms with Gasteiger partial charge in [0.1, 0.15) is 5.84 Å². The van der Waals surface area contributed by atoms with Crippen LogP contribution in [0.25, 0.3) is 0 Å². The minimum absolute atomic E-state index is 0.431. The molecular formula is C6H9N3. The highest BCUT2D eigenvalue weighted by Crippen LogP contribution is 1.91. The Balaban J connectivity index is 2.39. The van der Waals surface area contributed by atoms with Crippen LogP contribution in [-0.4, -0.2) is 18.9 Å². The predicted molar refractivity (Wildman–Crippen MR) is 35.2 cm³/mol. The van der Waals surface area contributed by atoms with Crippen LogP contribution in [0, 0.1) is 11.3 Å². The highest BCUT2D eigenvalue weighted by molar-refractivity contribution is 5.84. The molecule has 0 bridgehead atoms. The van der Waals surface area contributed by atoms with Gasteiger partial charge in [-0.3, -0.25) is 4.99 Å². The molecule has 1 aliphatic heterocycles. The first-order valence-corrected chi connectivity index (χ1v) is 3.07. The summed E-state index contributed by atoms with van der Waals surface area (Å²) in [6.07, 6.45) is 1.52. The van der Waals surface area contributed by atoms with Gasteiger partial charge in [0.05, 0.1) is 12.5 Å². The van der Waals surface area contributed by atoms with Gasteiger partial charge in [0.2, 0.25) is 0 Å². The summed E-state index contributed by atoms with van der Waals surface area (Å²) in [7, 11) is 0. The fraction of sp³-hybridized carbons (Fsp3) is 0.667. The summed E-state index contributed by atoms with van der Waals surface area (Å²) >= 11 is 0. The van der Waals surface area contributed by atoms with Crippen molar-refractivity contribution in [2.75, 3.05) is 13.1 Å². The van der Waals surface area contributed by atoms with Crippen LogP contribution in [0.2, 0.25) is 0 Å². The molecule has 0 unspecified atom stereocenters. The first kappa shape index (κ1) is 6.09. The van der Waals surface area contributed by atoms with Gasteiger partial charge in [-0.25, -0.2) is 0 Å². The third-order valence-electron chi connectivity index (χ3n) is 1.21. The van der Waals surface area contributed by atoms with Gasteiger partial charge in [-0.2, -0.15) is 5.26 Å². The maximum Gasteiger partial charge on any atom is 0.111 e. The van der Waals surface area contributed by atoms with Gasteiger partial charge < -0.3 is 5.32 Å². The second-order valence-electron chi connectivity index (χ2n) is 1.94. The van der Waals surface area contributed by atoms with Crippen molar-refractivity contribution in [2.45, 2.75) is 12.8 Å². The van der Waals surface area contributed by atoms with E-state index in [1.807, 2.05) is 6.07 Å². The van der Waals surface area contributed by atoms with E-state index >= 15 is 0 Å². The second kappa shape index (κ2) is 3.08. The molecule has 0 aromatic rings. The van der Waals surface area contributed by atoms with E-state index in [2.05, 4.69) is 10.3 Å². The number of rotatable bonds is 1. The fourth-order valence-corrected chi connectivity index (χ4v) is 0.775. The summed E-state index contributed by atoms with van der Waals surface area (Å²) < 4.78 is 0. The van der Waals surface area contributed by atoms with Crippen LogP contribution < -0.4 is 5.32 Å². The Hall–Kier alpha value is -1.04. The summed E-state index contributed by atoms with van der Waals surface area (Å²) in [5.74, 6) is 0.851. The lowest BCUT2D eigenvalue weighted by Gasteiger charge is -2.10. The van der Waals surface area contributed by atoms with E-state index < -0.39 is 0 Å². The van der Waals surface area contributed by atoms with Gasteiger partial charge >= 0.3 is 0 Å². The van der Waals surface area contributed by atoms with Crippen molar-refractivity contribution in [1.29, 1.82) is 5.26 Å². The average Bonchev–Trinajstić information content (AvgIpc) is 1.91. The number of nitrogens with one attached hydrogen (secondary N) is 1. The van der Waals surface area contributed by atoms with Gasteiger partial charge in [0.15, 0.2) is 0 Å². The summed E-state index contributed by atoms with van der Waals surface area (Å²) in [5, 5.41) is 11.3. The lowest BCUT2D eigenvalue weighted by molar-refractivity contribution is 0.734. The molecule has 9 heavy (non-hydrogen) atoms. The molecule has 0 aromatic carbocycles. The zero-order valence-corrected chi connectivity index (χ0v) is 5.22. The highest BCUT2D eigenvalue weighted by atomic mass is 15.0. The van der Waals surface area contributed by atoms with Crippen LogP contribution in [-0.2, 0) is 0 Å². The largest absolute Gasteiger partial charge is 0.373 e. The Morgan fingerprint density at radius 3 is 3.22 bits per heavy atom. The summed E-state index contributed by atoms with van der Waals surface area (Å²) in [6.45, 7) is 1.85. The van der Waals surface area contributed by atoms with Gasteiger partial charge in [-0.05, 0) is 6.42 Å². The van der Waals surface area contributed by atoms with E-state index in [1.165, 1.54) is 0 Å². The third kappa shape index (κ3) is 1.73. The van der Waals surface area contributed by atoms with E-state index in [0.717, 1.165) is 25.3 Å². The smallest absolute Gasteiger partial charge is 0.111 e. The molecule has 0 amide bonds. The maximum atomic E-state index is 8.25. The third-order valence-corrected chi connectivity index (χ3v) is 1.21. The number of nitriles is 1. The van der Waals surface area contributed by atoms with Crippen LogP contribution >= 0.6 is 0 Å². The topological polar surface area (TPSA) is 48.2 Å². The van der Waals surface area contributed by atoms with Crippen molar-refractivity contribution in [1.82, 2.24) is 5.32 Å². The zero-order valence-electron chi connectivity index (χ0n) is 5.22. The van der Waals surface area contributed by atoms with E-state index in [4.69, 9.17) is 5.26 Å². The van der Waals surface area contributed by atoms with E-state index in [9.17, 15) is 0 Å². The molecule has 3 heteroatoms. The lowest BCUT2D eigenvalue weighted by atomic mass is 10.3. The van der Waals surface area contributed by atoms with E-state index in [1.54, 1.807) is 0 Å². The number of nitrogens with zero attached hydrogens (tertiary/aromatic N) is 2. The first-order valence-electron chi connectivity index (χ1n) is 3.07. The van der Waals surface area contributed by atoms with Crippen molar-refractivity contribution in [3.63, 3.8) is 0 Å². The number of hydrogen-bond acceptors (Lipinski definition) is 3. The molecule has 48 valence electrons. The molecule has 0 fully saturated rings. The molecular weight excluding hydrogens is 114 g/mol. The summed E-state index contributed by atoms with van der Waals surface area (Å²) in [5.41, 5.74) is 0. The van der Waals surface area contributed by atoms with Crippen LogP contribution in [0.5, 0.6) is 0 Å². The fourth-order valence-electron chi connectivity index (χ4n) is 0.775. The zero-order chi connectivity index (χ0) is 6.53. The molecule has 0 aliphatic carbocycles. The van der Waals surface area contributed by atoms with Crippen LogP contribution in [0.1, 0.15) is 12.8 Å². The van der Waals surface area contributed by atoms with Gasteiger partial charge in [0.25, 0.3) is 0 Å². The molecule has 0 atom stereocenters. The van der Waals surface area contributed by atoms with Crippen LogP contribution in [0.4, 0.5) is 0 Å². The molecule has 1 N–H and O–H groups in total.